The van der Waals surface area contributed by atoms with Crippen molar-refractivity contribution in [3.63, 3.8) is 0 Å². The second-order valence-electron chi connectivity index (χ2n) is 5.14. The number of carbonyl (C=O) groups is 2. The molecule has 0 saturated carbocycles. The van der Waals surface area contributed by atoms with Gasteiger partial charge in [-0.1, -0.05) is 30.3 Å². The summed E-state index contributed by atoms with van der Waals surface area (Å²) in [6.45, 7) is 1.61. The molecule has 0 atom stereocenters. The van der Waals surface area contributed by atoms with Crippen molar-refractivity contribution in [2.45, 2.75) is 25.4 Å². The number of aliphatic hydroxyl groups excluding tert-OH is 1. The Morgan fingerprint density at radius 1 is 1.15 bits per heavy atom. The summed E-state index contributed by atoms with van der Waals surface area (Å²) in [6.07, 6.45) is 1.33. The summed E-state index contributed by atoms with van der Waals surface area (Å²) in [5.41, 5.74) is 0.888. The van der Waals surface area contributed by atoms with Crippen molar-refractivity contribution in [2.24, 2.45) is 0 Å². The highest BCUT2D eigenvalue weighted by Gasteiger charge is 2.19. The molecule has 1 aromatic carbocycles. The first-order valence-corrected chi connectivity index (χ1v) is 6.90. The molecule has 0 spiro atoms. The van der Waals surface area contributed by atoms with Crippen LogP contribution in [0, 0.1) is 0 Å². The van der Waals surface area contributed by atoms with Crippen molar-refractivity contribution in [1.29, 1.82) is 0 Å². The van der Waals surface area contributed by atoms with Crippen molar-refractivity contribution < 1.29 is 14.7 Å². The number of carbonyl (C=O) groups excluding carboxylic acids is 2. The molecule has 1 aliphatic heterocycles. The number of hydrogen-bond acceptors (Lipinski definition) is 4. The number of aliphatic hydroxyl groups is 1. The van der Waals surface area contributed by atoms with E-state index in [0.717, 1.165) is 5.56 Å². The molecular formula is C15H20N2O3. The van der Waals surface area contributed by atoms with Gasteiger partial charge in [0.15, 0.2) is 0 Å². The van der Waals surface area contributed by atoms with Crippen LogP contribution < -0.4 is 5.32 Å². The minimum atomic E-state index is -0.279. The molecule has 0 radical (unpaired) electrons. The van der Waals surface area contributed by atoms with Crippen LogP contribution in [0.25, 0.3) is 0 Å². The zero-order chi connectivity index (χ0) is 14.4. The molecule has 2 N–H and O–H groups in total. The Labute approximate surface area is 118 Å². The van der Waals surface area contributed by atoms with Crippen LogP contribution >= 0.6 is 0 Å². The molecule has 1 aliphatic rings. The third kappa shape index (κ3) is 4.75. The van der Waals surface area contributed by atoms with Crippen LogP contribution in [0.3, 0.4) is 0 Å². The fourth-order valence-electron chi connectivity index (χ4n) is 2.30. The molecule has 1 fully saturated rings. The molecule has 2 amide bonds. The third-order valence-corrected chi connectivity index (χ3v) is 3.41. The second-order valence-corrected chi connectivity index (χ2v) is 5.14. The van der Waals surface area contributed by atoms with Crippen LogP contribution in [0.15, 0.2) is 30.3 Å². The quantitative estimate of drug-likeness (QED) is 0.831. The molecule has 5 heteroatoms. The van der Waals surface area contributed by atoms with Gasteiger partial charge in [0.05, 0.1) is 19.1 Å². The summed E-state index contributed by atoms with van der Waals surface area (Å²) < 4.78 is 0. The molecule has 0 unspecified atom stereocenters. The number of amides is 2. The van der Waals surface area contributed by atoms with E-state index < -0.39 is 0 Å². The van der Waals surface area contributed by atoms with Gasteiger partial charge < -0.3 is 5.11 Å². The highest BCUT2D eigenvalue weighted by Crippen LogP contribution is 2.09. The van der Waals surface area contributed by atoms with Crippen LogP contribution in [-0.2, 0) is 16.0 Å². The highest BCUT2D eigenvalue weighted by atomic mass is 16.3. The Balaban J connectivity index is 1.72. The van der Waals surface area contributed by atoms with E-state index in [1.807, 2.05) is 35.2 Å². The molecule has 0 aliphatic carbocycles. The summed E-state index contributed by atoms with van der Waals surface area (Å²) in [7, 11) is 0. The fraction of sp³-hybridized carbons (Fsp3) is 0.467. The van der Waals surface area contributed by atoms with E-state index in [4.69, 9.17) is 0 Å². The Morgan fingerprint density at radius 2 is 1.80 bits per heavy atom. The molecule has 1 saturated heterocycles. The Hall–Kier alpha value is -1.72. The van der Waals surface area contributed by atoms with Gasteiger partial charge in [-0.3, -0.25) is 19.8 Å². The number of nitrogens with zero attached hydrogens (tertiary/aromatic N) is 1. The van der Waals surface area contributed by atoms with E-state index in [1.54, 1.807) is 0 Å². The zero-order valence-corrected chi connectivity index (χ0v) is 11.4. The topological polar surface area (TPSA) is 69.6 Å². The third-order valence-electron chi connectivity index (χ3n) is 3.41. The van der Waals surface area contributed by atoms with Crippen LogP contribution in [0.1, 0.15) is 18.4 Å². The number of hydrogen-bond donors (Lipinski definition) is 2. The van der Waals surface area contributed by atoms with Crippen molar-refractivity contribution in [1.82, 2.24) is 10.2 Å². The minimum Gasteiger partial charge on any atom is -0.393 e. The van der Waals surface area contributed by atoms with Gasteiger partial charge in [0, 0.05) is 13.1 Å². The van der Waals surface area contributed by atoms with Gasteiger partial charge in [-0.25, -0.2) is 0 Å². The van der Waals surface area contributed by atoms with Gasteiger partial charge in [0.25, 0.3) is 0 Å². The maximum atomic E-state index is 11.8. The van der Waals surface area contributed by atoms with Gasteiger partial charge in [0.2, 0.25) is 11.8 Å². The molecule has 5 nitrogen and oxygen atoms in total. The lowest BCUT2D eigenvalue weighted by Crippen LogP contribution is -2.44. The van der Waals surface area contributed by atoms with Crippen molar-refractivity contribution in [2.75, 3.05) is 19.6 Å². The van der Waals surface area contributed by atoms with Crippen molar-refractivity contribution in [3.8, 4) is 0 Å². The summed E-state index contributed by atoms with van der Waals surface area (Å²) in [6, 6.07) is 9.33. The molecule has 0 aromatic heterocycles. The lowest BCUT2D eigenvalue weighted by Gasteiger charge is -2.28. The fourth-order valence-corrected chi connectivity index (χ4v) is 2.30. The normalized spacial score (nSPS) is 16.9. The smallest absolute Gasteiger partial charge is 0.240 e. The van der Waals surface area contributed by atoms with Gasteiger partial charge >= 0.3 is 0 Å². The largest absolute Gasteiger partial charge is 0.393 e. The number of nitrogens with one attached hydrogen (secondary N) is 1. The first kappa shape index (κ1) is 14.7. The van der Waals surface area contributed by atoms with Gasteiger partial charge in [-0.15, -0.1) is 0 Å². The number of imide groups is 1. The molecule has 1 heterocycles. The van der Waals surface area contributed by atoms with Gasteiger partial charge in [-0.2, -0.15) is 0 Å². The summed E-state index contributed by atoms with van der Waals surface area (Å²) >= 11 is 0. The number of likely N-dealkylation sites (tertiary alicyclic amines) is 1. The molecule has 2 rings (SSSR count). The van der Waals surface area contributed by atoms with Crippen molar-refractivity contribution >= 4 is 11.8 Å². The van der Waals surface area contributed by atoms with E-state index in [2.05, 4.69) is 5.32 Å². The number of piperidine rings is 1. The minimum absolute atomic E-state index is 0.214. The SMILES string of the molecule is O=C(Cc1ccccc1)NC(=O)CN1CCC(O)CC1. The maximum absolute atomic E-state index is 11.8. The van der Waals surface area contributed by atoms with E-state index in [9.17, 15) is 14.7 Å². The second kappa shape index (κ2) is 7.17. The average molecular weight is 276 g/mol. The first-order valence-electron chi connectivity index (χ1n) is 6.90. The van der Waals surface area contributed by atoms with Gasteiger partial charge in [-0.05, 0) is 18.4 Å². The molecule has 108 valence electrons. The predicted octanol–water partition coefficient (Wildman–Crippen LogP) is 0.329. The lowest BCUT2D eigenvalue weighted by molar-refractivity contribution is -0.131. The standard InChI is InChI=1S/C15H20N2O3/c18-13-6-8-17(9-7-13)11-15(20)16-14(19)10-12-4-2-1-3-5-12/h1-5,13,18H,6-11H2,(H,16,19,20). The summed E-state index contributed by atoms with van der Waals surface area (Å²) in [4.78, 5) is 25.4. The van der Waals surface area contributed by atoms with E-state index in [1.165, 1.54) is 0 Å². The Kier molecular flexibility index (Phi) is 5.26. The molecule has 1 aromatic rings. The maximum Gasteiger partial charge on any atom is 0.240 e. The lowest BCUT2D eigenvalue weighted by atomic mass is 10.1. The Morgan fingerprint density at radius 3 is 2.45 bits per heavy atom. The van der Waals surface area contributed by atoms with E-state index >= 15 is 0 Å². The molecule has 20 heavy (non-hydrogen) atoms. The first-order chi connectivity index (χ1) is 9.63. The molecular weight excluding hydrogens is 256 g/mol. The Bertz CT molecular complexity index is 453. The van der Waals surface area contributed by atoms with Crippen LogP contribution in [0.4, 0.5) is 0 Å². The van der Waals surface area contributed by atoms with Crippen molar-refractivity contribution in [3.05, 3.63) is 35.9 Å². The zero-order valence-electron chi connectivity index (χ0n) is 11.4. The van der Waals surface area contributed by atoms with Crippen LogP contribution in [0.2, 0.25) is 0 Å². The molecule has 0 bridgehead atoms. The average Bonchev–Trinajstić information content (AvgIpc) is 2.42. The number of rotatable bonds is 4. The summed E-state index contributed by atoms with van der Waals surface area (Å²) in [5.74, 6) is -0.555. The predicted molar refractivity (Wildman–Crippen MR) is 75.0 cm³/mol. The van der Waals surface area contributed by atoms with Crippen LogP contribution in [-0.4, -0.2) is 47.6 Å². The number of benzene rings is 1. The highest BCUT2D eigenvalue weighted by molar-refractivity contribution is 5.96. The monoisotopic (exact) mass is 276 g/mol. The van der Waals surface area contributed by atoms with Gasteiger partial charge in [0.1, 0.15) is 0 Å². The summed E-state index contributed by atoms with van der Waals surface area (Å²) in [5, 5.41) is 11.8. The van der Waals surface area contributed by atoms with E-state index in [0.29, 0.717) is 25.9 Å². The van der Waals surface area contributed by atoms with E-state index in [-0.39, 0.29) is 30.9 Å². The van der Waals surface area contributed by atoms with Crippen LogP contribution in [0.5, 0.6) is 0 Å².